The maximum atomic E-state index is 10.7. The molecule has 0 atom stereocenters. The fraction of sp³-hybridized carbons (Fsp3) is 0.105. The van der Waals surface area contributed by atoms with Crippen LogP contribution in [0.4, 0.5) is 16.3 Å². The predicted octanol–water partition coefficient (Wildman–Crippen LogP) is 3.68. The molecule has 0 saturated heterocycles. The second-order valence-corrected chi connectivity index (χ2v) is 6.74. The number of pyridine rings is 1. The Hall–Kier alpha value is -3.64. The number of thioether (sulfide) groups is 1. The van der Waals surface area contributed by atoms with Gasteiger partial charge in [0.05, 0.1) is 11.4 Å². The standard InChI is InChI=1S/C19H16N6O2S/c1-11-3-2-4-14(22-11)10-28-18-24-16(15(9-20)17(21)25-18)12-5-7-13(8-6-12)23-19(26)27/h2-8,23H,10H2,1H3,(H,26,27)(H2,21,24,25). The number of carboxylic acid groups (broad SMARTS) is 1. The van der Waals surface area contributed by atoms with Crippen LogP contribution in [-0.4, -0.2) is 26.2 Å². The molecule has 0 saturated carbocycles. The molecular weight excluding hydrogens is 376 g/mol. The molecule has 2 aromatic heterocycles. The van der Waals surface area contributed by atoms with Crippen LogP contribution < -0.4 is 11.1 Å². The summed E-state index contributed by atoms with van der Waals surface area (Å²) in [6.07, 6.45) is -1.15. The molecule has 28 heavy (non-hydrogen) atoms. The van der Waals surface area contributed by atoms with Crippen LogP contribution >= 0.6 is 11.8 Å². The number of nitrogens with one attached hydrogen (secondary N) is 1. The van der Waals surface area contributed by atoms with E-state index >= 15 is 0 Å². The van der Waals surface area contributed by atoms with Gasteiger partial charge in [0.15, 0.2) is 5.16 Å². The lowest BCUT2D eigenvalue weighted by Crippen LogP contribution is -2.07. The second kappa shape index (κ2) is 8.37. The minimum atomic E-state index is -1.15. The minimum Gasteiger partial charge on any atom is -0.465 e. The lowest BCUT2D eigenvalue weighted by molar-refractivity contribution is 0.210. The third-order valence-electron chi connectivity index (χ3n) is 3.73. The third kappa shape index (κ3) is 4.55. The van der Waals surface area contributed by atoms with Crippen molar-refractivity contribution in [2.75, 3.05) is 11.1 Å². The van der Waals surface area contributed by atoms with Crippen molar-refractivity contribution in [2.45, 2.75) is 17.8 Å². The first-order valence-electron chi connectivity index (χ1n) is 8.19. The topological polar surface area (TPSA) is 138 Å². The maximum absolute atomic E-state index is 10.7. The number of amides is 1. The second-order valence-electron chi connectivity index (χ2n) is 5.79. The monoisotopic (exact) mass is 392 g/mol. The summed E-state index contributed by atoms with van der Waals surface area (Å²) >= 11 is 1.37. The van der Waals surface area contributed by atoms with Crippen molar-refractivity contribution in [3.8, 4) is 17.3 Å². The van der Waals surface area contributed by atoms with Gasteiger partial charge in [-0.2, -0.15) is 5.26 Å². The Morgan fingerprint density at radius 2 is 1.96 bits per heavy atom. The van der Waals surface area contributed by atoms with Gasteiger partial charge in [-0.3, -0.25) is 10.3 Å². The molecule has 0 fully saturated rings. The first kappa shape index (κ1) is 19.1. The first-order valence-corrected chi connectivity index (χ1v) is 9.18. The fourth-order valence-electron chi connectivity index (χ4n) is 2.49. The van der Waals surface area contributed by atoms with Crippen molar-refractivity contribution in [3.05, 3.63) is 59.4 Å². The molecule has 8 nitrogen and oxygen atoms in total. The van der Waals surface area contributed by atoms with Gasteiger partial charge in [-0.15, -0.1) is 0 Å². The largest absolute Gasteiger partial charge is 0.465 e. The molecule has 0 aliphatic heterocycles. The van der Waals surface area contributed by atoms with E-state index in [0.29, 0.717) is 27.9 Å². The Morgan fingerprint density at radius 1 is 1.21 bits per heavy atom. The molecule has 0 aliphatic rings. The van der Waals surface area contributed by atoms with E-state index in [1.54, 1.807) is 24.3 Å². The van der Waals surface area contributed by atoms with Gasteiger partial charge in [0.25, 0.3) is 0 Å². The molecule has 0 bridgehead atoms. The van der Waals surface area contributed by atoms with E-state index in [2.05, 4.69) is 20.3 Å². The Kier molecular flexibility index (Phi) is 5.72. The number of nitriles is 1. The van der Waals surface area contributed by atoms with E-state index in [1.807, 2.05) is 31.2 Å². The van der Waals surface area contributed by atoms with Crippen molar-refractivity contribution in [2.24, 2.45) is 0 Å². The van der Waals surface area contributed by atoms with Crippen molar-refractivity contribution >= 4 is 29.4 Å². The molecule has 3 rings (SSSR count). The Labute approximate surface area is 165 Å². The summed E-state index contributed by atoms with van der Waals surface area (Å²) in [6.45, 7) is 1.92. The number of hydrogen-bond acceptors (Lipinski definition) is 7. The van der Waals surface area contributed by atoms with E-state index in [-0.39, 0.29) is 11.4 Å². The summed E-state index contributed by atoms with van der Waals surface area (Å²) in [5.74, 6) is 0.661. The molecule has 0 spiro atoms. The molecule has 3 aromatic rings. The Balaban J connectivity index is 1.90. The normalized spacial score (nSPS) is 10.3. The SMILES string of the molecule is Cc1cccc(CSc2nc(N)c(C#N)c(-c3ccc(NC(=O)O)cc3)n2)n1. The summed E-state index contributed by atoms with van der Waals surface area (Å²) in [5.41, 5.74) is 9.41. The zero-order valence-corrected chi connectivity index (χ0v) is 15.7. The van der Waals surface area contributed by atoms with Crippen LogP contribution in [0.15, 0.2) is 47.6 Å². The number of anilines is 2. The summed E-state index contributed by atoms with van der Waals surface area (Å²) in [7, 11) is 0. The van der Waals surface area contributed by atoms with Gasteiger partial charge < -0.3 is 10.8 Å². The first-order chi connectivity index (χ1) is 13.5. The maximum Gasteiger partial charge on any atom is 0.409 e. The number of rotatable bonds is 5. The van der Waals surface area contributed by atoms with Gasteiger partial charge in [0, 0.05) is 22.7 Å². The average Bonchev–Trinajstić information content (AvgIpc) is 2.66. The highest BCUT2D eigenvalue weighted by molar-refractivity contribution is 7.98. The van der Waals surface area contributed by atoms with E-state index in [1.165, 1.54) is 11.8 Å². The van der Waals surface area contributed by atoms with Crippen LogP contribution in [0, 0.1) is 18.3 Å². The molecule has 1 amide bonds. The molecule has 4 N–H and O–H groups in total. The summed E-state index contributed by atoms with van der Waals surface area (Å²) in [4.78, 5) is 23.9. The van der Waals surface area contributed by atoms with E-state index in [9.17, 15) is 10.1 Å². The minimum absolute atomic E-state index is 0.0972. The molecule has 0 unspecified atom stereocenters. The number of hydrogen-bond donors (Lipinski definition) is 3. The van der Waals surface area contributed by atoms with Gasteiger partial charge in [-0.1, -0.05) is 30.0 Å². The van der Waals surface area contributed by atoms with Gasteiger partial charge in [-0.05, 0) is 31.2 Å². The highest BCUT2D eigenvalue weighted by atomic mass is 32.2. The fourth-order valence-corrected chi connectivity index (χ4v) is 3.25. The third-order valence-corrected chi connectivity index (χ3v) is 4.61. The number of nitrogens with two attached hydrogens (primary N) is 1. The van der Waals surface area contributed by atoms with Crippen LogP contribution in [-0.2, 0) is 5.75 Å². The van der Waals surface area contributed by atoms with Crippen LogP contribution in [0.25, 0.3) is 11.3 Å². The molecule has 2 heterocycles. The zero-order valence-electron chi connectivity index (χ0n) is 14.9. The Bertz CT molecular complexity index is 1060. The van der Waals surface area contributed by atoms with Crippen molar-refractivity contribution in [1.29, 1.82) is 5.26 Å². The molecule has 9 heteroatoms. The van der Waals surface area contributed by atoms with Crippen molar-refractivity contribution in [1.82, 2.24) is 15.0 Å². The molecule has 1 aromatic carbocycles. The van der Waals surface area contributed by atoms with Crippen molar-refractivity contribution in [3.63, 3.8) is 0 Å². The molecule has 0 radical (unpaired) electrons. The molecular formula is C19H16N6O2S. The number of nitrogens with zero attached hydrogens (tertiary/aromatic N) is 4. The predicted molar refractivity (Wildman–Crippen MR) is 107 cm³/mol. The smallest absolute Gasteiger partial charge is 0.409 e. The molecule has 0 aliphatic carbocycles. The van der Waals surface area contributed by atoms with Crippen LogP contribution in [0.3, 0.4) is 0 Å². The Morgan fingerprint density at radius 3 is 2.61 bits per heavy atom. The summed E-state index contributed by atoms with van der Waals surface area (Å²) < 4.78 is 0. The van der Waals surface area contributed by atoms with Gasteiger partial charge in [0.1, 0.15) is 17.5 Å². The van der Waals surface area contributed by atoms with Gasteiger partial charge in [-0.25, -0.2) is 14.8 Å². The average molecular weight is 392 g/mol. The van der Waals surface area contributed by atoms with E-state index in [4.69, 9.17) is 10.8 Å². The van der Waals surface area contributed by atoms with E-state index in [0.717, 1.165) is 11.4 Å². The lowest BCUT2D eigenvalue weighted by atomic mass is 10.1. The quantitative estimate of drug-likeness (QED) is 0.441. The van der Waals surface area contributed by atoms with E-state index < -0.39 is 6.09 Å². The zero-order chi connectivity index (χ0) is 20.1. The number of nitrogen functional groups attached to an aromatic ring is 1. The molecule has 140 valence electrons. The number of benzene rings is 1. The summed E-state index contributed by atoms with van der Waals surface area (Å²) in [5, 5.41) is 20.9. The number of aryl methyl sites for hydroxylation is 1. The van der Waals surface area contributed by atoms with Crippen LogP contribution in [0.2, 0.25) is 0 Å². The number of aromatic nitrogens is 3. The van der Waals surface area contributed by atoms with Crippen LogP contribution in [0.5, 0.6) is 0 Å². The van der Waals surface area contributed by atoms with Crippen LogP contribution in [0.1, 0.15) is 17.0 Å². The summed E-state index contributed by atoms with van der Waals surface area (Å²) in [6, 6.07) is 14.3. The lowest BCUT2D eigenvalue weighted by Gasteiger charge is -2.09. The van der Waals surface area contributed by atoms with Gasteiger partial charge in [0.2, 0.25) is 0 Å². The highest BCUT2D eigenvalue weighted by Crippen LogP contribution is 2.29. The van der Waals surface area contributed by atoms with Gasteiger partial charge >= 0.3 is 6.09 Å². The number of carbonyl (C=O) groups is 1. The highest BCUT2D eigenvalue weighted by Gasteiger charge is 2.15. The van der Waals surface area contributed by atoms with Crippen molar-refractivity contribution < 1.29 is 9.90 Å².